The lowest BCUT2D eigenvalue weighted by Gasteiger charge is -2.19. The van der Waals surface area contributed by atoms with Crippen molar-refractivity contribution in [3.05, 3.63) is 71.5 Å². The van der Waals surface area contributed by atoms with Gasteiger partial charge in [0.15, 0.2) is 0 Å². The molecule has 0 fully saturated rings. The molecule has 5 heteroatoms. The van der Waals surface area contributed by atoms with Crippen molar-refractivity contribution >= 4 is 11.8 Å². The number of hydrogen-bond donors (Lipinski definition) is 2. The Bertz CT molecular complexity index is 704. The van der Waals surface area contributed by atoms with Crippen LogP contribution in [0.1, 0.15) is 18.1 Å². The summed E-state index contributed by atoms with van der Waals surface area (Å²) in [7, 11) is 0. The van der Waals surface area contributed by atoms with Gasteiger partial charge in [-0.25, -0.2) is 4.39 Å². The second-order valence-corrected chi connectivity index (χ2v) is 5.85. The first-order valence-electron chi connectivity index (χ1n) is 7.84. The number of hydrogen-bond acceptors (Lipinski definition) is 2. The largest absolute Gasteiger partial charge is 0.368 e. The molecule has 0 bridgehead atoms. The van der Waals surface area contributed by atoms with Gasteiger partial charge in [-0.3, -0.25) is 9.59 Å². The predicted molar refractivity (Wildman–Crippen MR) is 90.5 cm³/mol. The second-order valence-electron chi connectivity index (χ2n) is 5.85. The summed E-state index contributed by atoms with van der Waals surface area (Å²) < 4.78 is 13.7. The summed E-state index contributed by atoms with van der Waals surface area (Å²) in [6.07, 6.45) is 0.587. The Labute approximate surface area is 140 Å². The summed E-state index contributed by atoms with van der Waals surface area (Å²) in [4.78, 5) is 23.9. The fourth-order valence-electron chi connectivity index (χ4n) is 2.47. The topological polar surface area (TPSA) is 72.2 Å². The number of primary amides is 1. The third kappa shape index (κ3) is 4.91. The molecule has 0 aromatic heterocycles. The molecular weight excluding hydrogens is 307 g/mol. The van der Waals surface area contributed by atoms with E-state index in [1.165, 1.54) is 6.07 Å². The van der Waals surface area contributed by atoms with Crippen molar-refractivity contribution < 1.29 is 14.0 Å². The van der Waals surface area contributed by atoms with E-state index in [9.17, 15) is 14.0 Å². The van der Waals surface area contributed by atoms with Crippen LogP contribution < -0.4 is 11.1 Å². The quantitative estimate of drug-likeness (QED) is 0.818. The highest BCUT2D eigenvalue weighted by Gasteiger charge is 2.22. The van der Waals surface area contributed by atoms with Crippen molar-refractivity contribution in [2.45, 2.75) is 25.8 Å². The van der Waals surface area contributed by atoms with Crippen molar-refractivity contribution in [3.8, 4) is 0 Å². The van der Waals surface area contributed by atoms with Gasteiger partial charge in [-0.15, -0.1) is 0 Å². The molecule has 0 saturated heterocycles. The van der Waals surface area contributed by atoms with Crippen LogP contribution in [0.4, 0.5) is 4.39 Å². The van der Waals surface area contributed by atoms with Gasteiger partial charge in [0.25, 0.3) is 0 Å². The Hall–Kier alpha value is -2.69. The fraction of sp³-hybridized carbons (Fsp3) is 0.263. The lowest BCUT2D eigenvalue weighted by Crippen LogP contribution is -2.47. The number of amides is 2. The molecule has 2 aromatic rings. The minimum absolute atomic E-state index is 0.259. The van der Waals surface area contributed by atoms with Crippen LogP contribution in [0, 0.1) is 11.7 Å². The van der Waals surface area contributed by atoms with E-state index in [1.807, 2.05) is 30.3 Å². The first kappa shape index (κ1) is 17.7. The van der Waals surface area contributed by atoms with Gasteiger partial charge in [-0.1, -0.05) is 55.5 Å². The van der Waals surface area contributed by atoms with E-state index in [0.717, 1.165) is 5.56 Å². The Balaban J connectivity index is 1.99. The molecule has 24 heavy (non-hydrogen) atoms. The lowest BCUT2D eigenvalue weighted by molar-refractivity contribution is -0.129. The predicted octanol–water partition coefficient (Wildman–Crippen LogP) is 2.22. The van der Waals surface area contributed by atoms with Gasteiger partial charge >= 0.3 is 0 Å². The fourth-order valence-corrected chi connectivity index (χ4v) is 2.47. The smallest absolute Gasteiger partial charge is 0.240 e. The van der Waals surface area contributed by atoms with Gasteiger partial charge < -0.3 is 11.1 Å². The van der Waals surface area contributed by atoms with Crippen molar-refractivity contribution in [2.75, 3.05) is 0 Å². The van der Waals surface area contributed by atoms with Gasteiger partial charge in [0, 0.05) is 12.3 Å². The van der Waals surface area contributed by atoms with E-state index in [-0.39, 0.29) is 18.1 Å². The Morgan fingerprint density at radius 3 is 2.29 bits per heavy atom. The molecule has 2 amide bonds. The van der Waals surface area contributed by atoms with Crippen LogP contribution in [-0.4, -0.2) is 17.9 Å². The Morgan fingerprint density at radius 1 is 1.04 bits per heavy atom. The maximum atomic E-state index is 13.7. The third-order valence-electron chi connectivity index (χ3n) is 3.87. The molecule has 3 N–H and O–H groups in total. The SMILES string of the molecule is C[C@H](Cc1ccccc1F)C(=O)N[C@H](Cc1ccccc1)C(N)=O. The zero-order valence-corrected chi connectivity index (χ0v) is 13.5. The molecule has 0 radical (unpaired) electrons. The number of carbonyl (C=O) groups excluding carboxylic acids is 2. The van der Waals surface area contributed by atoms with Gasteiger partial charge in [-0.2, -0.15) is 0 Å². The summed E-state index contributed by atoms with van der Waals surface area (Å²) in [6.45, 7) is 1.70. The monoisotopic (exact) mass is 328 g/mol. The number of nitrogens with two attached hydrogens (primary N) is 1. The van der Waals surface area contributed by atoms with E-state index in [1.54, 1.807) is 25.1 Å². The van der Waals surface area contributed by atoms with Crippen LogP contribution >= 0.6 is 0 Å². The lowest BCUT2D eigenvalue weighted by atomic mass is 9.98. The maximum absolute atomic E-state index is 13.7. The van der Waals surface area contributed by atoms with Gasteiger partial charge in [0.1, 0.15) is 11.9 Å². The molecule has 0 heterocycles. The van der Waals surface area contributed by atoms with Crippen LogP contribution in [-0.2, 0) is 22.4 Å². The first-order valence-corrected chi connectivity index (χ1v) is 7.84. The molecule has 2 atom stereocenters. The highest BCUT2D eigenvalue weighted by atomic mass is 19.1. The highest BCUT2D eigenvalue weighted by Crippen LogP contribution is 2.13. The molecule has 0 spiro atoms. The van der Waals surface area contributed by atoms with Crippen molar-refractivity contribution in [2.24, 2.45) is 11.7 Å². The van der Waals surface area contributed by atoms with Crippen LogP contribution in [0.15, 0.2) is 54.6 Å². The minimum atomic E-state index is -0.789. The van der Waals surface area contributed by atoms with E-state index in [2.05, 4.69) is 5.32 Å². The molecule has 2 aromatic carbocycles. The molecule has 4 nitrogen and oxygen atoms in total. The Kier molecular flexibility index (Phi) is 6.07. The Morgan fingerprint density at radius 2 is 1.67 bits per heavy atom. The van der Waals surface area contributed by atoms with E-state index >= 15 is 0 Å². The van der Waals surface area contributed by atoms with Crippen LogP contribution in [0.25, 0.3) is 0 Å². The normalized spacial score (nSPS) is 13.1. The average molecular weight is 328 g/mol. The number of halogens is 1. The standard InChI is InChI=1S/C19H21FN2O2/c1-13(11-15-9-5-6-10-16(15)20)19(24)22-17(18(21)23)12-14-7-3-2-4-8-14/h2-10,13,17H,11-12H2,1H3,(H2,21,23)(H,22,24)/t13-,17-/m1/s1. The van der Waals surface area contributed by atoms with E-state index in [0.29, 0.717) is 12.0 Å². The van der Waals surface area contributed by atoms with Crippen molar-refractivity contribution in [3.63, 3.8) is 0 Å². The molecular formula is C19H21FN2O2. The van der Waals surface area contributed by atoms with E-state index < -0.39 is 17.9 Å². The molecule has 0 unspecified atom stereocenters. The van der Waals surface area contributed by atoms with E-state index in [4.69, 9.17) is 5.73 Å². The number of nitrogens with one attached hydrogen (secondary N) is 1. The van der Waals surface area contributed by atoms with Crippen molar-refractivity contribution in [1.82, 2.24) is 5.32 Å². The van der Waals surface area contributed by atoms with Crippen LogP contribution in [0.3, 0.4) is 0 Å². The molecule has 126 valence electrons. The first-order chi connectivity index (χ1) is 11.5. The maximum Gasteiger partial charge on any atom is 0.240 e. The van der Waals surface area contributed by atoms with Gasteiger partial charge in [0.05, 0.1) is 0 Å². The number of carbonyl (C=O) groups is 2. The molecule has 0 aliphatic heterocycles. The molecule has 0 aliphatic rings. The second kappa shape index (κ2) is 8.24. The third-order valence-corrected chi connectivity index (χ3v) is 3.87. The number of benzene rings is 2. The molecule has 2 rings (SSSR count). The number of rotatable bonds is 7. The minimum Gasteiger partial charge on any atom is -0.368 e. The summed E-state index contributed by atoms with van der Waals surface area (Å²) in [5, 5.41) is 2.67. The summed E-state index contributed by atoms with van der Waals surface area (Å²) in [6, 6.07) is 14.9. The van der Waals surface area contributed by atoms with Crippen molar-refractivity contribution in [1.29, 1.82) is 0 Å². The molecule has 0 aliphatic carbocycles. The summed E-state index contributed by atoms with van der Waals surface area (Å²) in [5.74, 6) is -1.73. The summed E-state index contributed by atoms with van der Waals surface area (Å²) in [5.41, 5.74) is 6.77. The van der Waals surface area contributed by atoms with Gasteiger partial charge in [-0.05, 0) is 23.6 Å². The zero-order valence-electron chi connectivity index (χ0n) is 13.5. The summed E-state index contributed by atoms with van der Waals surface area (Å²) >= 11 is 0. The highest BCUT2D eigenvalue weighted by molar-refractivity contribution is 5.87. The van der Waals surface area contributed by atoms with Gasteiger partial charge in [0.2, 0.25) is 11.8 Å². The van der Waals surface area contributed by atoms with Crippen LogP contribution in [0.5, 0.6) is 0 Å². The average Bonchev–Trinajstić information content (AvgIpc) is 2.57. The van der Waals surface area contributed by atoms with Crippen LogP contribution in [0.2, 0.25) is 0 Å². The molecule has 0 saturated carbocycles. The zero-order chi connectivity index (χ0) is 17.5.